The Morgan fingerprint density at radius 1 is 0.247 bits per heavy atom. The topological polar surface area (TPSA) is 17.8 Å². The van der Waals surface area contributed by atoms with Crippen LogP contribution in [0.1, 0.15) is 0 Å². The van der Waals surface area contributed by atoms with Crippen LogP contribution in [0, 0.1) is 0 Å². The van der Waals surface area contributed by atoms with E-state index in [1.807, 2.05) is 0 Å². The molecule has 0 saturated carbocycles. The normalized spacial score (nSPS) is 11.6. The first kappa shape index (κ1) is 42.3. The highest BCUT2D eigenvalue weighted by molar-refractivity contribution is 6.24. The van der Waals surface area contributed by atoms with Crippen LogP contribution in [0.3, 0.4) is 0 Å². The maximum Gasteiger partial charge on any atom is 0.145 e. The maximum atomic E-state index is 5.26. The summed E-state index contributed by atoms with van der Waals surface area (Å²) >= 11 is 0. The van der Waals surface area contributed by atoms with E-state index >= 15 is 0 Å². The number of fused-ring (bicyclic) bond motifs is 5. The van der Waals surface area contributed by atoms with Crippen molar-refractivity contribution in [1.82, 2.24) is 9.55 Å². The van der Waals surface area contributed by atoms with Crippen molar-refractivity contribution in [3.8, 4) is 83.8 Å². The molecular formula is C71H46N2. The van der Waals surface area contributed by atoms with Crippen molar-refractivity contribution in [3.05, 3.63) is 279 Å². The Balaban J connectivity index is 0.948. The van der Waals surface area contributed by atoms with Crippen molar-refractivity contribution in [1.29, 1.82) is 0 Å². The number of imidazole rings is 1. The maximum absolute atomic E-state index is 5.26. The van der Waals surface area contributed by atoms with Gasteiger partial charge in [0.15, 0.2) is 0 Å². The third-order valence-corrected chi connectivity index (χ3v) is 14.8. The van der Waals surface area contributed by atoms with Crippen molar-refractivity contribution in [2.24, 2.45) is 0 Å². The predicted molar refractivity (Wildman–Crippen MR) is 309 cm³/mol. The predicted octanol–water partition coefficient (Wildman–Crippen LogP) is 19.3. The molecule has 73 heavy (non-hydrogen) atoms. The quantitative estimate of drug-likeness (QED) is 0.139. The van der Waals surface area contributed by atoms with E-state index in [-0.39, 0.29) is 0 Å². The Kier molecular flexibility index (Phi) is 10.2. The first-order valence-corrected chi connectivity index (χ1v) is 25.1. The summed E-state index contributed by atoms with van der Waals surface area (Å²) in [6.45, 7) is 0. The smallest absolute Gasteiger partial charge is 0.145 e. The number of benzene rings is 13. The highest BCUT2D eigenvalue weighted by atomic mass is 15.1. The number of hydrogen-bond donors (Lipinski definition) is 0. The third kappa shape index (κ3) is 7.39. The Morgan fingerprint density at radius 3 is 1.26 bits per heavy atom. The molecule has 1 heterocycles. The van der Waals surface area contributed by atoms with Gasteiger partial charge in [-0.2, -0.15) is 0 Å². The lowest BCUT2D eigenvalue weighted by molar-refractivity contribution is 1.10. The van der Waals surface area contributed by atoms with Gasteiger partial charge in [0, 0.05) is 11.3 Å². The van der Waals surface area contributed by atoms with Gasteiger partial charge >= 0.3 is 0 Å². The average Bonchev–Trinajstić information content (AvgIpc) is 3.87. The number of rotatable bonds is 8. The molecule has 0 bridgehead atoms. The van der Waals surface area contributed by atoms with Crippen molar-refractivity contribution >= 4 is 54.1 Å². The van der Waals surface area contributed by atoms with Crippen LogP contribution < -0.4 is 0 Å². The second kappa shape index (κ2) is 17.6. The van der Waals surface area contributed by atoms with E-state index in [0.717, 1.165) is 50.4 Å². The summed E-state index contributed by atoms with van der Waals surface area (Å²) in [4.78, 5) is 5.26. The van der Waals surface area contributed by atoms with Gasteiger partial charge < -0.3 is 0 Å². The van der Waals surface area contributed by atoms with E-state index in [0.29, 0.717) is 0 Å². The van der Waals surface area contributed by atoms with Gasteiger partial charge in [0.25, 0.3) is 0 Å². The Morgan fingerprint density at radius 2 is 0.671 bits per heavy atom. The number of para-hydroxylation sites is 1. The van der Waals surface area contributed by atoms with E-state index < -0.39 is 0 Å². The molecule has 14 rings (SSSR count). The van der Waals surface area contributed by atoms with Crippen molar-refractivity contribution in [3.63, 3.8) is 0 Å². The number of hydrogen-bond acceptors (Lipinski definition) is 1. The Bertz CT molecular complexity index is 4410. The van der Waals surface area contributed by atoms with Gasteiger partial charge in [0.1, 0.15) is 5.82 Å². The average molecular weight is 927 g/mol. The zero-order chi connectivity index (χ0) is 48.2. The van der Waals surface area contributed by atoms with Gasteiger partial charge in [-0.25, -0.2) is 4.98 Å². The molecule has 1 aromatic heterocycles. The molecule has 0 radical (unpaired) electrons. The SMILES string of the molecule is c1ccc(-c2nc3cc(-c4ccc(-c5ccc6c(-c7ccccc7-c7ccc8ccccc8c7)c7ccccc7c(-c7ccccc7-c7ccc8ccccc8c7)c6c5)cc4)ccc3n2-c2ccccc2)cc1. The molecule has 0 aliphatic carbocycles. The second-order valence-corrected chi connectivity index (χ2v) is 19.0. The van der Waals surface area contributed by atoms with E-state index in [2.05, 4.69) is 284 Å². The zero-order valence-corrected chi connectivity index (χ0v) is 40.0. The van der Waals surface area contributed by atoms with Crippen molar-refractivity contribution in [2.75, 3.05) is 0 Å². The summed E-state index contributed by atoms with van der Waals surface area (Å²) in [5, 5.41) is 9.82. The summed E-state index contributed by atoms with van der Waals surface area (Å²) < 4.78 is 2.27. The van der Waals surface area contributed by atoms with Crippen LogP contribution in [0.5, 0.6) is 0 Å². The summed E-state index contributed by atoms with van der Waals surface area (Å²) in [5.74, 6) is 0.929. The lowest BCUT2D eigenvalue weighted by Gasteiger charge is -2.22. The summed E-state index contributed by atoms with van der Waals surface area (Å²) in [6, 6.07) is 102. The van der Waals surface area contributed by atoms with Gasteiger partial charge in [-0.05, 0) is 152 Å². The zero-order valence-electron chi connectivity index (χ0n) is 40.0. The Labute approximate surface area is 424 Å². The van der Waals surface area contributed by atoms with Crippen LogP contribution in [0.15, 0.2) is 279 Å². The first-order chi connectivity index (χ1) is 36.2. The molecule has 0 saturated heterocycles. The number of nitrogens with zero attached hydrogens (tertiary/aromatic N) is 2. The van der Waals surface area contributed by atoms with Crippen LogP contribution in [-0.4, -0.2) is 9.55 Å². The fourth-order valence-corrected chi connectivity index (χ4v) is 11.3. The molecule has 0 aliphatic heterocycles. The van der Waals surface area contributed by atoms with E-state index in [1.54, 1.807) is 0 Å². The fraction of sp³-hybridized carbons (Fsp3) is 0. The molecule has 2 heteroatoms. The number of aromatic nitrogens is 2. The molecular weight excluding hydrogens is 881 g/mol. The van der Waals surface area contributed by atoms with Crippen LogP contribution in [0.25, 0.3) is 138 Å². The molecule has 0 N–H and O–H groups in total. The molecule has 0 atom stereocenters. The Hall–Kier alpha value is -9.63. The van der Waals surface area contributed by atoms with E-state index in [4.69, 9.17) is 4.98 Å². The highest BCUT2D eigenvalue weighted by Crippen LogP contribution is 2.49. The highest BCUT2D eigenvalue weighted by Gasteiger charge is 2.22. The lowest BCUT2D eigenvalue weighted by Crippen LogP contribution is -1.97. The second-order valence-electron chi connectivity index (χ2n) is 19.0. The van der Waals surface area contributed by atoms with E-state index in [9.17, 15) is 0 Å². The minimum Gasteiger partial charge on any atom is -0.292 e. The molecule has 0 spiro atoms. The van der Waals surface area contributed by atoms with Crippen molar-refractivity contribution < 1.29 is 0 Å². The van der Waals surface area contributed by atoms with Crippen LogP contribution in [0.4, 0.5) is 0 Å². The summed E-state index contributed by atoms with van der Waals surface area (Å²) in [5.41, 5.74) is 18.5. The monoisotopic (exact) mass is 926 g/mol. The van der Waals surface area contributed by atoms with Crippen LogP contribution in [0.2, 0.25) is 0 Å². The molecule has 2 nitrogen and oxygen atoms in total. The summed E-state index contributed by atoms with van der Waals surface area (Å²) in [6.07, 6.45) is 0. The van der Waals surface area contributed by atoms with Gasteiger partial charge in [-0.1, -0.05) is 237 Å². The van der Waals surface area contributed by atoms with Crippen LogP contribution in [-0.2, 0) is 0 Å². The summed E-state index contributed by atoms with van der Waals surface area (Å²) in [7, 11) is 0. The van der Waals surface area contributed by atoms with E-state index in [1.165, 1.54) is 87.6 Å². The van der Waals surface area contributed by atoms with Gasteiger partial charge in [0.05, 0.1) is 11.0 Å². The standard InChI is InChI=1S/C71H46N2/c1-3-19-51(20-4-1)71-72-67-46-55(40-42-68(67)73(71)58-23-5-2-6-24-58)50-33-31-49(32-34-50)54-39-41-65-66(45-54)70(62-28-14-12-26-60(62)57-38-36-48-18-8-10-22-53(48)44-57)64-30-16-15-29-63(64)69(65)61-27-13-11-25-59(61)56-37-35-47-17-7-9-21-52(47)43-56/h1-46H. The van der Waals surface area contributed by atoms with Crippen LogP contribution >= 0.6 is 0 Å². The molecule has 13 aromatic carbocycles. The lowest BCUT2D eigenvalue weighted by atomic mass is 9.81. The molecule has 0 fully saturated rings. The third-order valence-electron chi connectivity index (χ3n) is 14.8. The molecule has 14 aromatic rings. The molecule has 340 valence electrons. The molecule has 0 amide bonds. The van der Waals surface area contributed by atoms with Gasteiger partial charge in [0.2, 0.25) is 0 Å². The molecule has 0 unspecified atom stereocenters. The van der Waals surface area contributed by atoms with Gasteiger partial charge in [-0.3, -0.25) is 4.57 Å². The van der Waals surface area contributed by atoms with Crippen molar-refractivity contribution in [2.45, 2.75) is 0 Å². The fourth-order valence-electron chi connectivity index (χ4n) is 11.3. The molecule has 0 aliphatic rings. The van der Waals surface area contributed by atoms with Gasteiger partial charge in [-0.15, -0.1) is 0 Å². The minimum absolute atomic E-state index is 0.929. The first-order valence-electron chi connectivity index (χ1n) is 25.1. The minimum atomic E-state index is 0.929. The largest absolute Gasteiger partial charge is 0.292 e.